The minimum Gasteiger partial charge on any atom is -0.366 e. The van der Waals surface area contributed by atoms with Gasteiger partial charge in [-0.05, 0) is 36.3 Å². The lowest BCUT2D eigenvalue weighted by Gasteiger charge is -2.57. The maximum atomic E-state index is 13.4. The van der Waals surface area contributed by atoms with Crippen molar-refractivity contribution in [3.05, 3.63) is 29.8 Å². The number of fused-ring (bicyclic) bond motifs is 4. The molecule has 0 N–H and O–H groups in total. The van der Waals surface area contributed by atoms with Gasteiger partial charge in [0.15, 0.2) is 5.41 Å². The molecule has 1 aromatic carbocycles. The average Bonchev–Trinajstić information content (AvgIpc) is 2.62. The lowest BCUT2D eigenvalue weighted by molar-refractivity contribution is -0.161. The highest BCUT2D eigenvalue weighted by Crippen LogP contribution is 2.50. The predicted octanol–water partition coefficient (Wildman–Crippen LogP) is 2.13. The zero-order valence-corrected chi connectivity index (χ0v) is 15.7. The SMILES string of the molecule is C[C@@H]1C[C@@H](C)[C@H]2N(C1)c1ccccc1CC21C(=O)N(C)C(=O)N(C)C1=O. The van der Waals surface area contributed by atoms with Crippen molar-refractivity contribution in [1.29, 1.82) is 0 Å². The van der Waals surface area contributed by atoms with E-state index in [0.717, 1.165) is 34.0 Å². The van der Waals surface area contributed by atoms with Gasteiger partial charge in [-0.15, -0.1) is 0 Å². The van der Waals surface area contributed by atoms with Crippen molar-refractivity contribution < 1.29 is 14.4 Å². The molecule has 6 heteroatoms. The summed E-state index contributed by atoms with van der Waals surface area (Å²) in [5, 5.41) is 0. The molecule has 1 spiro atoms. The third kappa shape index (κ3) is 2.01. The van der Waals surface area contributed by atoms with Gasteiger partial charge in [-0.2, -0.15) is 0 Å². The van der Waals surface area contributed by atoms with Crippen LogP contribution in [0.3, 0.4) is 0 Å². The number of nitrogens with zero attached hydrogens (tertiary/aromatic N) is 3. The summed E-state index contributed by atoms with van der Waals surface area (Å²) in [6.45, 7) is 5.15. The molecule has 2 fully saturated rings. The van der Waals surface area contributed by atoms with Crippen molar-refractivity contribution in [2.75, 3.05) is 25.5 Å². The van der Waals surface area contributed by atoms with Gasteiger partial charge in [-0.25, -0.2) is 4.79 Å². The molecule has 0 aromatic heterocycles. The summed E-state index contributed by atoms with van der Waals surface area (Å²) in [5.74, 6) is -0.0710. The summed E-state index contributed by atoms with van der Waals surface area (Å²) in [4.78, 5) is 43.6. The van der Waals surface area contributed by atoms with E-state index in [0.29, 0.717) is 12.3 Å². The van der Waals surface area contributed by atoms with E-state index in [1.807, 2.05) is 18.2 Å². The van der Waals surface area contributed by atoms with Crippen LogP contribution in [0.15, 0.2) is 24.3 Å². The summed E-state index contributed by atoms with van der Waals surface area (Å²) < 4.78 is 0. The van der Waals surface area contributed by atoms with Crippen molar-refractivity contribution in [3.63, 3.8) is 0 Å². The fraction of sp³-hybridized carbons (Fsp3) is 0.550. The quantitative estimate of drug-likeness (QED) is 0.669. The van der Waals surface area contributed by atoms with Crippen molar-refractivity contribution in [2.45, 2.75) is 32.7 Å². The number of urea groups is 1. The molecule has 6 nitrogen and oxygen atoms in total. The summed E-state index contributed by atoms with van der Waals surface area (Å²) in [6, 6.07) is 7.24. The van der Waals surface area contributed by atoms with Crippen LogP contribution in [-0.2, 0) is 16.0 Å². The highest BCUT2D eigenvalue weighted by atomic mass is 16.2. The van der Waals surface area contributed by atoms with Crippen LogP contribution in [0.25, 0.3) is 0 Å². The number of amides is 4. The Labute approximate surface area is 153 Å². The van der Waals surface area contributed by atoms with Crippen molar-refractivity contribution in [3.8, 4) is 0 Å². The van der Waals surface area contributed by atoms with Crippen LogP contribution in [0.2, 0.25) is 0 Å². The molecule has 4 amide bonds. The Bertz CT molecular complexity index is 781. The molecule has 3 atom stereocenters. The maximum absolute atomic E-state index is 13.4. The minimum absolute atomic E-state index is 0.176. The van der Waals surface area contributed by atoms with Crippen LogP contribution in [0.5, 0.6) is 0 Å². The Balaban J connectivity index is 1.94. The molecule has 0 saturated carbocycles. The Morgan fingerprint density at radius 2 is 1.62 bits per heavy atom. The number of piperidine rings is 1. The number of anilines is 1. The lowest BCUT2D eigenvalue weighted by Crippen LogP contribution is -2.73. The Hall–Kier alpha value is -2.37. The fourth-order valence-electron chi connectivity index (χ4n) is 5.43. The first kappa shape index (κ1) is 17.1. The first-order valence-corrected chi connectivity index (χ1v) is 9.24. The van der Waals surface area contributed by atoms with Gasteiger partial charge in [-0.3, -0.25) is 19.4 Å². The van der Waals surface area contributed by atoms with Crippen LogP contribution < -0.4 is 4.90 Å². The second-order valence-electron chi connectivity index (χ2n) is 8.20. The average molecular weight is 355 g/mol. The smallest absolute Gasteiger partial charge is 0.332 e. The van der Waals surface area contributed by atoms with Gasteiger partial charge in [0.05, 0.1) is 6.04 Å². The number of rotatable bonds is 0. The van der Waals surface area contributed by atoms with E-state index < -0.39 is 11.4 Å². The van der Waals surface area contributed by atoms with E-state index in [1.54, 1.807) is 0 Å². The van der Waals surface area contributed by atoms with E-state index in [9.17, 15) is 14.4 Å². The number of para-hydroxylation sites is 1. The number of barbiturate groups is 1. The second-order valence-corrected chi connectivity index (χ2v) is 8.20. The van der Waals surface area contributed by atoms with Gasteiger partial charge in [0.25, 0.3) is 0 Å². The highest BCUT2D eigenvalue weighted by Gasteiger charge is 2.64. The largest absolute Gasteiger partial charge is 0.366 e. The molecule has 138 valence electrons. The van der Waals surface area contributed by atoms with Crippen LogP contribution in [-0.4, -0.2) is 54.3 Å². The molecular formula is C20H25N3O3. The summed E-state index contributed by atoms with van der Waals surface area (Å²) >= 11 is 0. The molecule has 2 saturated heterocycles. The zero-order chi connectivity index (χ0) is 18.8. The van der Waals surface area contributed by atoms with Crippen LogP contribution >= 0.6 is 0 Å². The fourth-order valence-corrected chi connectivity index (χ4v) is 5.43. The number of carbonyl (C=O) groups is 3. The molecule has 0 aliphatic carbocycles. The number of benzene rings is 1. The number of imide groups is 2. The van der Waals surface area contributed by atoms with E-state index >= 15 is 0 Å². The molecule has 0 bridgehead atoms. The Morgan fingerprint density at radius 1 is 1.00 bits per heavy atom. The van der Waals surface area contributed by atoms with E-state index in [-0.39, 0.29) is 23.8 Å². The van der Waals surface area contributed by atoms with E-state index in [2.05, 4.69) is 24.8 Å². The van der Waals surface area contributed by atoms with Crippen LogP contribution in [0, 0.1) is 17.3 Å². The molecular weight excluding hydrogens is 330 g/mol. The zero-order valence-electron chi connectivity index (χ0n) is 15.7. The number of carbonyl (C=O) groups excluding carboxylic acids is 3. The van der Waals surface area contributed by atoms with Crippen LogP contribution in [0.1, 0.15) is 25.8 Å². The summed E-state index contributed by atoms with van der Waals surface area (Å²) in [5.41, 5.74) is 0.887. The van der Waals surface area contributed by atoms with Gasteiger partial charge in [0, 0.05) is 26.3 Å². The molecule has 0 unspecified atom stereocenters. The van der Waals surface area contributed by atoms with E-state index in [1.165, 1.54) is 14.1 Å². The first-order chi connectivity index (χ1) is 12.3. The molecule has 0 radical (unpaired) electrons. The predicted molar refractivity (Wildman–Crippen MR) is 97.6 cm³/mol. The number of hydrogen-bond acceptors (Lipinski definition) is 4. The Morgan fingerprint density at radius 3 is 2.27 bits per heavy atom. The molecule has 3 aliphatic rings. The van der Waals surface area contributed by atoms with Gasteiger partial charge in [0.1, 0.15) is 0 Å². The van der Waals surface area contributed by atoms with Gasteiger partial charge in [-0.1, -0.05) is 32.0 Å². The monoisotopic (exact) mass is 355 g/mol. The van der Waals surface area contributed by atoms with Gasteiger partial charge in [0.2, 0.25) is 11.8 Å². The lowest BCUT2D eigenvalue weighted by atomic mass is 9.62. The Kier molecular flexibility index (Phi) is 3.65. The number of hydrogen-bond donors (Lipinski definition) is 0. The first-order valence-electron chi connectivity index (χ1n) is 9.24. The third-order valence-electron chi connectivity index (χ3n) is 6.38. The summed E-state index contributed by atoms with van der Waals surface area (Å²) in [6.07, 6.45) is 1.32. The van der Waals surface area contributed by atoms with Crippen LogP contribution in [0.4, 0.5) is 10.5 Å². The standard InChI is InChI=1S/C20H25N3O3/c1-12-9-13(2)16-20(17(24)21(3)19(26)22(4)18(20)25)10-14-7-5-6-8-15(14)23(16)11-12/h5-8,12-13,16H,9-11H2,1-4H3/t12-,13-,16-/m1/s1. The second kappa shape index (κ2) is 5.56. The molecule has 3 aliphatic heterocycles. The normalized spacial score (nSPS) is 30.5. The maximum Gasteiger partial charge on any atom is 0.332 e. The third-order valence-corrected chi connectivity index (χ3v) is 6.38. The van der Waals surface area contributed by atoms with E-state index in [4.69, 9.17) is 0 Å². The summed E-state index contributed by atoms with van der Waals surface area (Å²) in [7, 11) is 2.96. The van der Waals surface area contributed by atoms with Crippen molar-refractivity contribution >= 4 is 23.5 Å². The topological polar surface area (TPSA) is 60.9 Å². The minimum atomic E-state index is -1.23. The molecule has 26 heavy (non-hydrogen) atoms. The molecule has 1 aromatic rings. The molecule has 3 heterocycles. The van der Waals surface area contributed by atoms with Gasteiger partial charge < -0.3 is 4.90 Å². The highest BCUT2D eigenvalue weighted by molar-refractivity contribution is 6.20. The molecule has 4 rings (SSSR count). The van der Waals surface area contributed by atoms with Crippen molar-refractivity contribution in [1.82, 2.24) is 9.80 Å². The van der Waals surface area contributed by atoms with Crippen molar-refractivity contribution in [2.24, 2.45) is 17.3 Å². The van der Waals surface area contributed by atoms with Gasteiger partial charge >= 0.3 is 6.03 Å².